The van der Waals surface area contributed by atoms with Gasteiger partial charge in [0.2, 0.25) is 0 Å². The maximum absolute atomic E-state index is 11.1. The van der Waals surface area contributed by atoms with Crippen LogP contribution in [0, 0.1) is 0 Å². The lowest BCUT2D eigenvalue weighted by atomic mass is 10.1. The highest BCUT2D eigenvalue weighted by Gasteiger charge is 2.09. The van der Waals surface area contributed by atoms with E-state index < -0.39 is 5.91 Å². The maximum atomic E-state index is 11.1. The van der Waals surface area contributed by atoms with Crippen LogP contribution in [-0.4, -0.2) is 25.7 Å². The number of carbonyl (C=O) groups is 1. The lowest BCUT2D eigenvalue weighted by Crippen LogP contribution is -2.24. The summed E-state index contributed by atoms with van der Waals surface area (Å²) in [6.07, 6.45) is 0.921. The van der Waals surface area contributed by atoms with Crippen molar-refractivity contribution in [2.75, 3.05) is 24.8 Å². The van der Waals surface area contributed by atoms with Crippen LogP contribution in [0.25, 0.3) is 0 Å². The van der Waals surface area contributed by atoms with E-state index in [1.165, 1.54) is 0 Å². The van der Waals surface area contributed by atoms with Crippen molar-refractivity contribution in [3.8, 4) is 0 Å². The molecule has 0 heterocycles. The molecule has 1 aromatic carbocycles. The molecule has 0 aliphatic heterocycles. The summed E-state index contributed by atoms with van der Waals surface area (Å²) in [6.45, 7) is 2.66. The Morgan fingerprint density at radius 3 is 2.76 bits per heavy atom. The molecule has 0 aromatic heterocycles. The third kappa shape index (κ3) is 3.64. The van der Waals surface area contributed by atoms with E-state index in [0.29, 0.717) is 17.9 Å². The molecule has 5 nitrogen and oxygen atoms in total. The van der Waals surface area contributed by atoms with E-state index in [4.69, 9.17) is 16.2 Å². The van der Waals surface area contributed by atoms with Gasteiger partial charge in [-0.2, -0.15) is 0 Å². The van der Waals surface area contributed by atoms with Gasteiger partial charge in [0, 0.05) is 24.5 Å². The molecular formula is C12H19N3O2. The number of methoxy groups -OCH3 is 1. The molecule has 0 bridgehead atoms. The Bertz CT molecular complexity index is 393. The quantitative estimate of drug-likeness (QED) is 0.648. The predicted molar refractivity (Wildman–Crippen MR) is 69.0 cm³/mol. The normalized spacial score (nSPS) is 12.1. The van der Waals surface area contributed by atoms with Crippen molar-refractivity contribution in [1.82, 2.24) is 0 Å². The summed E-state index contributed by atoms with van der Waals surface area (Å²) >= 11 is 0. The van der Waals surface area contributed by atoms with Crippen LogP contribution in [0.1, 0.15) is 23.7 Å². The Kier molecular flexibility index (Phi) is 4.78. The van der Waals surface area contributed by atoms with Gasteiger partial charge in [0.15, 0.2) is 0 Å². The standard InChI is InChI=1S/C12H19N3O2/c1-3-8(7-17-2)15-9-4-5-11(13)10(6-9)12(14)16/h4-6,8,15H,3,7,13H2,1-2H3,(H2,14,16). The molecule has 1 amide bonds. The second kappa shape index (κ2) is 6.10. The first kappa shape index (κ1) is 13.3. The van der Waals surface area contributed by atoms with Gasteiger partial charge in [0.25, 0.3) is 5.91 Å². The Balaban J connectivity index is 2.84. The van der Waals surface area contributed by atoms with Crippen LogP contribution >= 0.6 is 0 Å². The number of anilines is 2. The fourth-order valence-corrected chi connectivity index (χ4v) is 1.56. The highest BCUT2D eigenvalue weighted by Crippen LogP contribution is 2.18. The van der Waals surface area contributed by atoms with E-state index in [2.05, 4.69) is 12.2 Å². The van der Waals surface area contributed by atoms with Crippen LogP contribution in [0.4, 0.5) is 11.4 Å². The van der Waals surface area contributed by atoms with Crippen LogP contribution in [-0.2, 0) is 4.74 Å². The molecule has 1 atom stereocenters. The summed E-state index contributed by atoms with van der Waals surface area (Å²) < 4.78 is 5.09. The minimum atomic E-state index is -0.522. The molecular weight excluding hydrogens is 218 g/mol. The van der Waals surface area contributed by atoms with Gasteiger partial charge in [-0.1, -0.05) is 6.92 Å². The van der Waals surface area contributed by atoms with Crippen molar-refractivity contribution in [1.29, 1.82) is 0 Å². The van der Waals surface area contributed by atoms with Gasteiger partial charge in [-0.3, -0.25) is 4.79 Å². The minimum absolute atomic E-state index is 0.198. The second-order valence-electron chi connectivity index (χ2n) is 3.87. The number of hydrogen-bond donors (Lipinski definition) is 3. The van der Waals surface area contributed by atoms with Gasteiger partial charge in [0.05, 0.1) is 12.2 Å². The van der Waals surface area contributed by atoms with Crippen LogP contribution in [0.2, 0.25) is 0 Å². The molecule has 5 heteroatoms. The lowest BCUT2D eigenvalue weighted by molar-refractivity contribution is 0.100. The molecule has 5 N–H and O–H groups in total. The molecule has 1 rings (SSSR count). The molecule has 0 fully saturated rings. The highest BCUT2D eigenvalue weighted by molar-refractivity contribution is 5.98. The van der Waals surface area contributed by atoms with E-state index in [0.717, 1.165) is 12.1 Å². The Morgan fingerprint density at radius 1 is 1.53 bits per heavy atom. The number of rotatable bonds is 6. The fraction of sp³-hybridized carbons (Fsp3) is 0.417. The van der Waals surface area contributed by atoms with Crippen LogP contribution in [0.15, 0.2) is 18.2 Å². The molecule has 94 valence electrons. The van der Waals surface area contributed by atoms with Crippen molar-refractivity contribution >= 4 is 17.3 Å². The van der Waals surface area contributed by atoms with Gasteiger partial charge in [0.1, 0.15) is 0 Å². The van der Waals surface area contributed by atoms with Crippen molar-refractivity contribution in [2.24, 2.45) is 5.73 Å². The molecule has 0 aliphatic rings. The zero-order valence-corrected chi connectivity index (χ0v) is 10.2. The summed E-state index contributed by atoms with van der Waals surface area (Å²) in [5.41, 5.74) is 12.4. The number of ether oxygens (including phenoxy) is 1. The number of carbonyl (C=O) groups excluding carboxylic acids is 1. The van der Waals surface area contributed by atoms with Gasteiger partial charge < -0.3 is 21.5 Å². The largest absolute Gasteiger partial charge is 0.398 e. The molecule has 0 spiro atoms. The van der Waals surface area contributed by atoms with E-state index in [1.54, 1.807) is 19.2 Å². The topological polar surface area (TPSA) is 90.4 Å². The monoisotopic (exact) mass is 237 g/mol. The third-order valence-electron chi connectivity index (χ3n) is 2.55. The van der Waals surface area contributed by atoms with E-state index in [9.17, 15) is 4.79 Å². The minimum Gasteiger partial charge on any atom is -0.398 e. The zero-order chi connectivity index (χ0) is 12.8. The summed E-state index contributed by atoms with van der Waals surface area (Å²) in [6, 6.07) is 5.35. The number of benzene rings is 1. The van der Waals surface area contributed by atoms with Gasteiger partial charge in [-0.05, 0) is 24.6 Å². The molecule has 1 aromatic rings. The number of nitrogen functional groups attached to an aromatic ring is 1. The molecule has 0 saturated carbocycles. The summed E-state index contributed by atoms with van der Waals surface area (Å²) in [5.74, 6) is -0.522. The SMILES string of the molecule is CCC(COC)Nc1ccc(N)c(C(N)=O)c1. The van der Waals surface area contributed by atoms with E-state index >= 15 is 0 Å². The summed E-state index contributed by atoms with van der Waals surface area (Å²) in [7, 11) is 1.65. The predicted octanol–water partition coefficient (Wildman–Crippen LogP) is 1.20. The molecule has 0 aliphatic carbocycles. The summed E-state index contributed by atoms with van der Waals surface area (Å²) in [4.78, 5) is 11.1. The smallest absolute Gasteiger partial charge is 0.250 e. The number of nitrogens with one attached hydrogen (secondary N) is 1. The van der Waals surface area contributed by atoms with E-state index in [1.807, 2.05) is 6.07 Å². The van der Waals surface area contributed by atoms with Crippen molar-refractivity contribution in [2.45, 2.75) is 19.4 Å². The van der Waals surface area contributed by atoms with Gasteiger partial charge >= 0.3 is 0 Å². The summed E-state index contributed by atoms with van der Waals surface area (Å²) in [5, 5.41) is 3.26. The van der Waals surface area contributed by atoms with Gasteiger partial charge in [-0.15, -0.1) is 0 Å². The Labute approximate surface area is 101 Å². The highest BCUT2D eigenvalue weighted by atomic mass is 16.5. The van der Waals surface area contributed by atoms with Crippen molar-refractivity contribution in [3.63, 3.8) is 0 Å². The van der Waals surface area contributed by atoms with Crippen LogP contribution in [0.3, 0.4) is 0 Å². The zero-order valence-electron chi connectivity index (χ0n) is 10.2. The van der Waals surface area contributed by atoms with Crippen molar-refractivity contribution < 1.29 is 9.53 Å². The Morgan fingerprint density at radius 2 is 2.24 bits per heavy atom. The number of amides is 1. The van der Waals surface area contributed by atoms with Crippen LogP contribution in [0.5, 0.6) is 0 Å². The van der Waals surface area contributed by atoms with Gasteiger partial charge in [-0.25, -0.2) is 0 Å². The first-order valence-electron chi connectivity index (χ1n) is 5.53. The molecule has 1 unspecified atom stereocenters. The second-order valence-corrected chi connectivity index (χ2v) is 3.87. The first-order chi connectivity index (χ1) is 8.08. The average molecular weight is 237 g/mol. The average Bonchev–Trinajstić information content (AvgIpc) is 2.30. The fourth-order valence-electron chi connectivity index (χ4n) is 1.56. The Hall–Kier alpha value is -1.75. The maximum Gasteiger partial charge on any atom is 0.250 e. The number of primary amides is 1. The molecule has 0 radical (unpaired) electrons. The lowest BCUT2D eigenvalue weighted by Gasteiger charge is -2.18. The third-order valence-corrected chi connectivity index (χ3v) is 2.55. The van der Waals surface area contributed by atoms with E-state index in [-0.39, 0.29) is 6.04 Å². The van der Waals surface area contributed by atoms with Crippen molar-refractivity contribution in [3.05, 3.63) is 23.8 Å². The first-order valence-corrected chi connectivity index (χ1v) is 5.53. The number of hydrogen-bond acceptors (Lipinski definition) is 4. The van der Waals surface area contributed by atoms with Crippen LogP contribution < -0.4 is 16.8 Å². The molecule has 0 saturated heterocycles. The number of nitrogens with two attached hydrogens (primary N) is 2. The molecule has 17 heavy (non-hydrogen) atoms.